The SMILES string of the molecule is O=C1N=C(N2CCN(Cc3ccccc3)CC2)S/C1=C/c1ccc(-c2ccccc2)o1. The summed E-state index contributed by atoms with van der Waals surface area (Å²) in [5.74, 6) is 1.27. The second kappa shape index (κ2) is 8.96. The second-order valence-electron chi connectivity index (χ2n) is 7.63. The van der Waals surface area contributed by atoms with Crippen LogP contribution < -0.4 is 0 Å². The van der Waals surface area contributed by atoms with Gasteiger partial charge in [-0.25, -0.2) is 0 Å². The van der Waals surface area contributed by atoms with Crippen LogP contribution in [0, 0.1) is 0 Å². The lowest BCUT2D eigenvalue weighted by atomic mass is 10.2. The summed E-state index contributed by atoms with van der Waals surface area (Å²) in [6, 6.07) is 24.3. The third kappa shape index (κ3) is 4.65. The lowest BCUT2D eigenvalue weighted by Gasteiger charge is -2.35. The molecule has 2 aromatic carbocycles. The molecule has 0 saturated carbocycles. The Bertz CT molecular complexity index is 1110. The fourth-order valence-corrected chi connectivity index (χ4v) is 4.73. The van der Waals surface area contributed by atoms with E-state index in [1.54, 1.807) is 6.08 Å². The summed E-state index contributed by atoms with van der Waals surface area (Å²) in [6.07, 6.45) is 1.79. The second-order valence-corrected chi connectivity index (χ2v) is 8.64. The number of carbonyl (C=O) groups excluding carboxylic acids is 1. The van der Waals surface area contributed by atoms with E-state index in [1.165, 1.54) is 17.3 Å². The maximum absolute atomic E-state index is 12.5. The molecule has 6 heteroatoms. The average Bonchev–Trinajstić information content (AvgIpc) is 3.43. The molecule has 2 aliphatic heterocycles. The van der Waals surface area contributed by atoms with Crippen LogP contribution in [0.5, 0.6) is 0 Å². The summed E-state index contributed by atoms with van der Waals surface area (Å²) in [7, 11) is 0. The molecule has 1 saturated heterocycles. The number of thioether (sulfide) groups is 1. The molecule has 1 amide bonds. The standard InChI is InChI=1S/C25H23N3O2S/c29-24-23(17-21-11-12-22(30-21)20-9-5-2-6-10-20)31-25(26-24)28-15-13-27(14-16-28)18-19-7-3-1-4-8-19/h1-12,17H,13-16,18H2/b23-17+. The van der Waals surface area contributed by atoms with Gasteiger partial charge in [0.2, 0.25) is 0 Å². The van der Waals surface area contributed by atoms with E-state index in [4.69, 9.17) is 4.42 Å². The summed E-state index contributed by atoms with van der Waals surface area (Å²) in [5.41, 5.74) is 2.35. The molecule has 0 aliphatic carbocycles. The van der Waals surface area contributed by atoms with Crippen molar-refractivity contribution < 1.29 is 9.21 Å². The zero-order valence-electron chi connectivity index (χ0n) is 17.1. The minimum absolute atomic E-state index is 0.190. The summed E-state index contributed by atoms with van der Waals surface area (Å²) in [5, 5.41) is 0.797. The van der Waals surface area contributed by atoms with Crippen molar-refractivity contribution in [3.8, 4) is 11.3 Å². The molecule has 0 bridgehead atoms. The average molecular weight is 430 g/mol. The smallest absolute Gasteiger partial charge is 0.286 e. The molecule has 0 spiro atoms. The first-order chi connectivity index (χ1) is 15.2. The number of hydrogen-bond donors (Lipinski definition) is 0. The van der Waals surface area contributed by atoms with E-state index < -0.39 is 0 Å². The number of rotatable bonds is 4. The molecule has 0 radical (unpaired) electrons. The number of amides is 1. The quantitative estimate of drug-likeness (QED) is 0.561. The van der Waals surface area contributed by atoms with Gasteiger partial charge in [-0.3, -0.25) is 9.69 Å². The molecule has 1 fully saturated rings. The number of carbonyl (C=O) groups is 1. The molecular formula is C25H23N3O2S. The van der Waals surface area contributed by atoms with Gasteiger partial charge in [-0.2, -0.15) is 4.99 Å². The van der Waals surface area contributed by atoms with Crippen molar-refractivity contribution in [2.75, 3.05) is 26.2 Å². The number of benzene rings is 2. The summed E-state index contributed by atoms with van der Waals surface area (Å²) < 4.78 is 5.92. The van der Waals surface area contributed by atoms with Crippen molar-refractivity contribution in [3.05, 3.63) is 89.0 Å². The molecule has 2 aliphatic rings. The number of hydrogen-bond acceptors (Lipinski definition) is 5. The molecule has 5 rings (SSSR count). The van der Waals surface area contributed by atoms with E-state index in [2.05, 4.69) is 39.1 Å². The molecule has 0 atom stereocenters. The number of furan rings is 1. The van der Waals surface area contributed by atoms with Crippen LogP contribution in [0.2, 0.25) is 0 Å². The molecule has 156 valence electrons. The summed E-state index contributed by atoms with van der Waals surface area (Å²) in [6.45, 7) is 4.62. The minimum atomic E-state index is -0.190. The van der Waals surface area contributed by atoms with Crippen molar-refractivity contribution >= 4 is 28.9 Å². The molecule has 31 heavy (non-hydrogen) atoms. The van der Waals surface area contributed by atoms with Crippen LogP contribution in [-0.2, 0) is 11.3 Å². The molecule has 5 nitrogen and oxygen atoms in total. The van der Waals surface area contributed by atoms with Crippen LogP contribution in [0.4, 0.5) is 0 Å². The van der Waals surface area contributed by atoms with Crippen molar-refractivity contribution in [1.82, 2.24) is 9.80 Å². The maximum atomic E-state index is 12.5. The van der Waals surface area contributed by atoms with E-state index in [0.717, 1.165) is 49.2 Å². The zero-order valence-corrected chi connectivity index (χ0v) is 17.9. The van der Waals surface area contributed by atoms with Crippen LogP contribution >= 0.6 is 11.8 Å². The molecule has 3 heterocycles. The maximum Gasteiger partial charge on any atom is 0.286 e. The van der Waals surface area contributed by atoms with Crippen molar-refractivity contribution in [1.29, 1.82) is 0 Å². The first-order valence-corrected chi connectivity index (χ1v) is 11.3. The van der Waals surface area contributed by atoms with Crippen LogP contribution in [0.25, 0.3) is 17.4 Å². The highest BCUT2D eigenvalue weighted by atomic mass is 32.2. The normalized spacial score (nSPS) is 18.6. The van der Waals surface area contributed by atoms with Gasteiger partial charge in [-0.05, 0) is 29.5 Å². The Kier molecular flexibility index (Phi) is 5.74. The third-order valence-corrected chi connectivity index (χ3v) is 6.50. The van der Waals surface area contributed by atoms with Crippen LogP contribution in [-0.4, -0.2) is 47.1 Å². The van der Waals surface area contributed by atoms with Crippen molar-refractivity contribution in [2.45, 2.75) is 6.54 Å². The first kappa shape index (κ1) is 19.8. The van der Waals surface area contributed by atoms with Crippen LogP contribution in [0.1, 0.15) is 11.3 Å². The lowest BCUT2D eigenvalue weighted by Crippen LogP contribution is -2.47. The van der Waals surface area contributed by atoms with Gasteiger partial charge in [0.1, 0.15) is 11.5 Å². The molecule has 1 aromatic heterocycles. The fourth-order valence-electron chi connectivity index (χ4n) is 3.79. The lowest BCUT2D eigenvalue weighted by molar-refractivity contribution is -0.113. The predicted octanol–water partition coefficient (Wildman–Crippen LogP) is 4.73. The number of amidine groups is 1. The van der Waals surface area contributed by atoms with Gasteiger partial charge in [0.15, 0.2) is 5.17 Å². The van der Waals surface area contributed by atoms with Gasteiger partial charge in [-0.15, -0.1) is 0 Å². The van der Waals surface area contributed by atoms with E-state index in [1.807, 2.05) is 48.5 Å². The fraction of sp³-hybridized carbons (Fsp3) is 0.200. The Morgan fingerprint density at radius 2 is 1.61 bits per heavy atom. The highest BCUT2D eigenvalue weighted by molar-refractivity contribution is 8.18. The Morgan fingerprint density at radius 3 is 2.35 bits per heavy atom. The molecule has 0 N–H and O–H groups in total. The van der Waals surface area contributed by atoms with Gasteiger partial charge in [0, 0.05) is 44.4 Å². The van der Waals surface area contributed by atoms with E-state index in [0.29, 0.717) is 10.7 Å². The predicted molar refractivity (Wildman–Crippen MR) is 125 cm³/mol. The Morgan fingerprint density at radius 1 is 0.903 bits per heavy atom. The van der Waals surface area contributed by atoms with Gasteiger partial charge < -0.3 is 9.32 Å². The summed E-state index contributed by atoms with van der Waals surface area (Å²) in [4.78, 5) is 22.0. The van der Waals surface area contributed by atoms with Crippen LogP contribution in [0.3, 0.4) is 0 Å². The molecule has 0 unspecified atom stereocenters. The zero-order chi connectivity index (χ0) is 21.0. The molecular weight excluding hydrogens is 406 g/mol. The van der Waals surface area contributed by atoms with Gasteiger partial charge >= 0.3 is 0 Å². The van der Waals surface area contributed by atoms with E-state index in [9.17, 15) is 4.79 Å². The first-order valence-electron chi connectivity index (χ1n) is 10.4. The Labute approximate surface area is 186 Å². The summed E-state index contributed by atoms with van der Waals surface area (Å²) >= 11 is 1.44. The topological polar surface area (TPSA) is 49.1 Å². The number of aliphatic imine (C=N–C) groups is 1. The van der Waals surface area contributed by atoms with Crippen molar-refractivity contribution in [3.63, 3.8) is 0 Å². The third-order valence-electron chi connectivity index (χ3n) is 5.46. The van der Waals surface area contributed by atoms with E-state index in [-0.39, 0.29) is 5.91 Å². The Hall–Kier alpha value is -3.09. The monoisotopic (exact) mass is 429 g/mol. The van der Waals surface area contributed by atoms with Gasteiger partial charge in [0.05, 0.1) is 4.91 Å². The highest BCUT2D eigenvalue weighted by Gasteiger charge is 2.28. The minimum Gasteiger partial charge on any atom is -0.457 e. The number of piperazine rings is 1. The Balaban J connectivity index is 1.20. The van der Waals surface area contributed by atoms with Gasteiger partial charge in [-0.1, -0.05) is 60.7 Å². The number of nitrogens with zero attached hydrogens (tertiary/aromatic N) is 3. The van der Waals surface area contributed by atoms with Crippen molar-refractivity contribution in [2.24, 2.45) is 4.99 Å². The largest absolute Gasteiger partial charge is 0.457 e. The van der Waals surface area contributed by atoms with E-state index >= 15 is 0 Å². The van der Waals surface area contributed by atoms with Gasteiger partial charge in [0.25, 0.3) is 5.91 Å². The molecule has 3 aromatic rings. The van der Waals surface area contributed by atoms with Crippen LogP contribution in [0.15, 0.2) is 87.1 Å². The highest BCUT2D eigenvalue weighted by Crippen LogP contribution is 2.32.